The Morgan fingerprint density at radius 1 is 1.14 bits per heavy atom. The summed E-state index contributed by atoms with van der Waals surface area (Å²) in [6.45, 7) is 2.79. The van der Waals surface area contributed by atoms with E-state index in [1.165, 1.54) is 11.1 Å². The molecule has 28 heavy (non-hydrogen) atoms. The molecule has 1 amide bonds. The topological polar surface area (TPSA) is 72.9 Å². The number of ether oxygens (including phenoxy) is 3. The monoisotopic (exact) mass is 385 g/mol. The standard InChI is InChI=1S/C21H27N3O4/c1-26-10-4-7-23-21(25)18-13-17(5-8-22-18)24-9-6-15-11-19(27-2)20(28-3)12-16(15)14-24/h5,8,11-13H,4,6-7,9-10,14H2,1-3H3,(H,23,25). The summed E-state index contributed by atoms with van der Waals surface area (Å²) in [4.78, 5) is 18.8. The number of amides is 1. The minimum Gasteiger partial charge on any atom is -0.493 e. The number of carbonyl (C=O) groups is 1. The number of hydrogen-bond donors (Lipinski definition) is 1. The van der Waals surface area contributed by atoms with Crippen molar-refractivity contribution in [2.75, 3.05) is 45.9 Å². The van der Waals surface area contributed by atoms with Gasteiger partial charge in [-0.1, -0.05) is 0 Å². The number of benzene rings is 1. The highest BCUT2D eigenvalue weighted by Gasteiger charge is 2.20. The summed E-state index contributed by atoms with van der Waals surface area (Å²) in [5, 5.41) is 2.88. The molecule has 0 radical (unpaired) electrons. The third kappa shape index (κ3) is 4.54. The minimum absolute atomic E-state index is 0.165. The van der Waals surface area contributed by atoms with Gasteiger partial charge in [-0.3, -0.25) is 9.78 Å². The number of fused-ring (bicyclic) bond motifs is 1. The van der Waals surface area contributed by atoms with Gasteiger partial charge in [-0.15, -0.1) is 0 Å². The van der Waals surface area contributed by atoms with Gasteiger partial charge in [0.05, 0.1) is 14.2 Å². The van der Waals surface area contributed by atoms with E-state index in [-0.39, 0.29) is 5.91 Å². The van der Waals surface area contributed by atoms with Crippen molar-refractivity contribution in [1.29, 1.82) is 0 Å². The molecular weight excluding hydrogens is 358 g/mol. The van der Waals surface area contributed by atoms with Crippen LogP contribution in [0.3, 0.4) is 0 Å². The maximum absolute atomic E-state index is 12.3. The highest BCUT2D eigenvalue weighted by molar-refractivity contribution is 5.93. The Morgan fingerprint density at radius 2 is 1.89 bits per heavy atom. The summed E-state index contributed by atoms with van der Waals surface area (Å²) in [5.74, 6) is 1.32. The first-order chi connectivity index (χ1) is 13.7. The molecule has 2 aromatic rings. The van der Waals surface area contributed by atoms with Crippen molar-refractivity contribution in [3.8, 4) is 11.5 Å². The molecule has 7 nitrogen and oxygen atoms in total. The normalized spacial score (nSPS) is 13.0. The molecule has 0 saturated heterocycles. The van der Waals surface area contributed by atoms with Gasteiger partial charge >= 0.3 is 0 Å². The van der Waals surface area contributed by atoms with Crippen LogP contribution in [-0.2, 0) is 17.7 Å². The van der Waals surface area contributed by atoms with Crippen LogP contribution in [0.2, 0.25) is 0 Å². The molecule has 1 N–H and O–H groups in total. The Kier molecular flexibility index (Phi) is 6.71. The van der Waals surface area contributed by atoms with Gasteiger partial charge in [0.2, 0.25) is 0 Å². The number of methoxy groups -OCH3 is 3. The second kappa shape index (κ2) is 9.41. The molecule has 3 rings (SSSR count). The molecule has 0 aliphatic carbocycles. The number of nitrogens with zero attached hydrogens (tertiary/aromatic N) is 2. The van der Waals surface area contributed by atoms with Crippen LogP contribution in [0.1, 0.15) is 28.0 Å². The van der Waals surface area contributed by atoms with Gasteiger partial charge in [-0.05, 0) is 48.2 Å². The molecule has 0 atom stereocenters. The molecule has 0 fully saturated rings. The van der Waals surface area contributed by atoms with Gasteiger partial charge in [0.1, 0.15) is 5.69 Å². The van der Waals surface area contributed by atoms with Crippen LogP contribution in [0.4, 0.5) is 5.69 Å². The van der Waals surface area contributed by atoms with Gasteiger partial charge in [0.25, 0.3) is 5.91 Å². The number of pyridine rings is 1. The molecule has 0 saturated carbocycles. The molecule has 1 aliphatic rings. The van der Waals surface area contributed by atoms with Crippen LogP contribution < -0.4 is 19.7 Å². The molecule has 2 heterocycles. The van der Waals surface area contributed by atoms with Crippen molar-refractivity contribution in [1.82, 2.24) is 10.3 Å². The zero-order chi connectivity index (χ0) is 19.9. The summed E-state index contributed by atoms with van der Waals surface area (Å²) >= 11 is 0. The molecule has 0 unspecified atom stereocenters. The van der Waals surface area contributed by atoms with E-state index in [0.29, 0.717) is 18.8 Å². The molecule has 7 heteroatoms. The predicted molar refractivity (Wildman–Crippen MR) is 107 cm³/mol. The van der Waals surface area contributed by atoms with Crippen LogP contribution >= 0.6 is 0 Å². The quantitative estimate of drug-likeness (QED) is 0.704. The van der Waals surface area contributed by atoms with E-state index in [1.807, 2.05) is 18.2 Å². The van der Waals surface area contributed by atoms with E-state index >= 15 is 0 Å². The van der Waals surface area contributed by atoms with Crippen molar-refractivity contribution in [3.63, 3.8) is 0 Å². The zero-order valence-corrected chi connectivity index (χ0v) is 16.7. The van der Waals surface area contributed by atoms with Crippen molar-refractivity contribution in [2.45, 2.75) is 19.4 Å². The average molecular weight is 385 g/mol. The maximum atomic E-state index is 12.3. The fourth-order valence-electron chi connectivity index (χ4n) is 3.35. The largest absolute Gasteiger partial charge is 0.493 e. The molecule has 1 aromatic carbocycles. The highest BCUT2D eigenvalue weighted by atomic mass is 16.5. The summed E-state index contributed by atoms with van der Waals surface area (Å²) in [5.41, 5.74) is 3.87. The molecule has 0 bridgehead atoms. The first-order valence-electron chi connectivity index (χ1n) is 9.38. The lowest BCUT2D eigenvalue weighted by atomic mass is 9.98. The van der Waals surface area contributed by atoms with Crippen LogP contribution in [-0.4, -0.2) is 51.9 Å². The highest BCUT2D eigenvalue weighted by Crippen LogP contribution is 2.34. The van der Waals surface area contributed by atoms with Crippen LogP contribution in [0.5, 0.6) is 11.5 Å². The SMILES string of the molecule is COCCCNC(=O)c1cc(N2CCc3cc(OC)c(OC)cc3C2)ccn1. The van der Waals surface area contributed by atoms with E-state index in [0.717, 1.165) is 43.1 Å². The predicted octanol–water partition coefficient (Wildman–Crippen LogP) is 2.43. The first kappa shape index (κ1) is 19.9. The van der Waals surface area contributed by atoms with Crippen molar-refractivity contribution in [3.05, 3.63) is 47.3 Å². The Bertz CT molecular complexity index is 825. The van der Waals surface area contributed by atoms with Crippen LogP contribution in [0, 0.1) is 0 Å². The Morgan fingerprint density at radius 3 is 2.61 bits per heavy atom. The maximum Gasteiger partial charge on any atom is 0.269 e. The lowest BCUT2D eigenvalue weighted by Crippen LogP contribution is -2.31. The average Bonchev–Trinajstić information content (AvgIpc) is 2.75. The van der Waals surface area contributed by atoms with Gasteiger partial charge in [0.15, 0.2) is 11.5 Å². The van der Waals surface area contributed by atoms with E-state index in [9.17, 15) is 4.79 Å². The zero-order valence-electron chi connectivity index (χ0n) is 16.7. The number of anilines is 1. The Labute approximate surface area is 165 Å². The van der Waals surface area contributed by atoms with Crippen molar-refractivity contribution < 1.29 is 19.0 Å². The van der Waals surface area contributed by atoms with Crippen LogP contribution in [0.15, 0.2) is 30.5 Å². The van der Waals surface area contributed by atoms with Crippen molar-refractivity contribution in [2.24, 2.45) is 0 Å². The molecule has 0 spiro atoms. The van der Waals surface area contributed by atoms with Crippen LogP contribution in [0.25, 0.3) is 0 Å². The molecule has 1 aromatic heterocycles. The smallest absolute Gasteiger partial charge is 0.269 e. The lowest BCUT2D eigenvalue weighted by molar-refractivity contribution is 0.0943. The van der Waals surface area contributed by atoms with E-state index in [2.05, 4.69) is 21.3 Å². The van der Waals surface area contributed by atoms with Crippen molar-refractivity contribution >= 4 is 11.6 Å². The number of hydrogen-bond acceptors (Lipinski definition) is 6. The van der Waals surface area contributed by atoms with E-state index in [4.69, 9.17) is 14.2 Å². The number of aromatic nitrogens is 1. The fraction of sp³-hybridized carbons (Fsp3) is 0.429. The first-order valence-corrected chi connectivity index (χ1v) is 9.38. The second-order valence-electron chi connectivity index (χ2n) is 6.65. The number of carbonyl (C=O) groups excluding carboxylic acids is 1. The number of rotatable bonds is 8. The molecule has 150 valence electrons. The molecule has 1 aliphatic heterocycles. The number of nitrogens with one attached hydrogen (secondary N) is 1. The van der Waals surface area contributed by atoms with Gasteiger partial charge in [-0.25, -0.2) is 0 Å². The Hall–Kier alpha value is -2.80. The summed E-state index contributed by atoms with van der Waals surface area (Å²) in [7, 11) is 4.94. The van der Waals surface area contributed by atoms with E-state index < -0.39 is 0 Å². The molecular formula is C21H27N3O4. The lowest BCUT2D eigenvalue weighted by Gasteiger charge is -2.31. The second-order valence-corrected chi connectivity index (χ2v) is 6.65. The third-order valence-electron chi connectivity index (χ3n) is 4.87. The summed E-state index contributed by atoms with van der Waals surface area (Å²) in [6.07, 6.45) is 3.36. The summed E-state index contributed by atoms with van der Waals surface area (Å²) < 4.78 is 15.8. The fourth-order valence-corrected chi connectivity index (χ4v) is 3.35. The third-order valence-corrected chi connectivity index (χ3v) is 4.87. The summed E-state index contributed by atoms with van der Waals surface area (Å²) in [6, 6.07) is 7.87. The van der Waals surface area contributed by atoms with Gasteiger partial charge in [0, 0.05) is 45.2 Å². The van der Waals surface area contributed by atoms with Gasteiger partial charge in [-0.2, -0.15) is 0 Å². The van der Waals surface area contributed by atoms with Gasteiger partial charge < -0.3 is 24.4 Å². The Balaban J connectivity index is 1.72. The van der Waals surface area contributed by atoms with E-state index in [1.54, 1.807) is 27.5 Å². The minimum atomic E-state index is -0.165.